The molecule has 6 nitrogen and oxygen atoms in total. The number of benzene rings is 1. The van der Waals surface area contributed by atoms with Crippen molar-refractivity contribution in [1.29, 1.82) is 5.26 Å². The quantitative estimate of drug-likeness (QED) is 0.856. The first-order valence-corrected chi connectivity index (χ1v) is 7.60. The summed E-state index contributed by atoms with van der Waals surface area (Å²) < 4.78 is 27.1. The predicted molar refractivity (Wildman–Crippen MR) is 75.5 cm³/mol. The van der Waals surface area contributed by atoms with Gasteiger partial charge in [0.25, 0.3) is 0 Å². The normalized spacial score (nSPS) is 12.6. The smallest absolute Gasteiger partial charge is 0.244 e. The molecule has 2 aromatic rings. The SMILES string of the molecule is N#Cc1ncccc1S(=O)(=O)NC(CO)c1ccccc1. The molecule has 1 aromatic heterocycles. The van der Waals surface area contributed by atoms with Crippen LogP contribution < -0.4 is 4.72 Å². The first-order chi connectivity index (χ1) is 10.1. The van der Waals surface area contributed by atoms with E-state index in [1.807, 2.05) is 0 Å². The van der Waals surface area contributed by atoms with E-state index in [0.29, 0.717) is 5.56 Å². The van der Waals surface area contributed by atoms with Crippen LogP contribution in [0.3, 0.4) is 0 Å². The van der Waals surface area contributed by atoms with Gasteiger partial charge in [0.2, 0.25) is 10.0 Å². The minimum Gasteiger partial charge on any atom is -0.394 e. The van der Waals surface area contributed by atoms with Crippen LogP contribution in [0.15, 0.2) is 53.6 Å². The maximum Gasteiger partial charge on any atom is 0.244 e. The number of nitriles is 1. The molecule has 0 saturated heterocycles. The highest BCUT2D eigenvalue weighted by atomic mass is 32.2. The molecule has 0 bridgehead atoms. The average molecular weight is 303 g/mol. The second-order valence-electron chi connectivity index (χ2n) is 4.23. The number of hydrogen-bond donors (Lipinski definition) is 2. The molecule has 7 heteroatoms. The van der Waals surface area contributed by atoms with Gasteiger partial charge in [-0.05, 0) is 17.7 Å². The molecule has 0 saturated carbocycles. The van der Waals surface area contributed by atoms with E-state index >= 15 is 0 Å². The Morgan fingerprint density at radius 1 is 1.24 bits per heavy atom. The van der Waals surface area contributed by atoms with Crippen molar-refractivity contribution in [1.82, 2.24) is 9.71 Å². The lowest BCUT2D eigenvalue weighted by Gasteiger charge is -2.17. The summed E-state index contributed by atoms with van der Waals surface area (Å²) in [5, 5.41) is 18.3. The van der Waals surface area contributed by atoms with E-state index in [9.17, 15) is 13.5 Å². The molecule has 0 amide bonds. The van der Waals surface area contributed by atoms with Crippen molar-refractivity contribution in [3.8, 4) is 6.07 Å². The molecule has 2 rings (SSSR count). The maximum atomic E-state index is 12.3. The van der Waals surface area contributed by atoms with Gasteiger partial charge in [-0.25, -0.2) is 18.1 Å². The van der Waals surface area contributed by atoms with Crippen molar-refractivity contribution in [2.75, 3.05) is 6.61 Å². The molecule has 0 aliphatic heterocycles. The monoisotopic (exact) mass is 303 g/mol. The molecular formula is C14H13N3O3S. The highest BCUT2D eigenvalue weighted by molar-refractivity contribution is 7.89. The zero-order valence-corrected chi connectivity index (χ0v) is 11.8. The van der Waals surface area contributed by atoms with Crippen LogP contribution in [0.2, 0.25) is 0 Å². The number of nitrogens with zero attached hydrogens (tertiary/aromatic N) is 2. The van der Waals surface area contributed by atoms with Crippen molar-refractivity contribution in [3.63, 3.8) is 0 Å². The summed E-state index contributed by atoms with van der Waals surface area (Å²) in [5.41, 5.74) is 0.445. The lowest BCUT2D eigenvalue weighted by molar-refractivity contribution is 0.259. The van der Waals surface area contributed by atoms with Crippen molar-refractivity contribution in [2.45, 2.75) is 10.9 Å². The molecule has 0 aliphatic rings. The molecule has 1 atom stereocenters. The van der Waals surface area contributed by atoms with Gasteiger partial charge in [0.15, 0.2) is 5.69 Å². The van der Waals surface area contributed by atoms with E-state index in [2.05, 4.69) is 9.71 Å². The van der Waals surface area contributed by atoms with Gasteiger partial charge in [0.05, 0.1) is 12.6 Å². The number of rotatable bonds is 5. The minimum absolute atomic E-state index is 0.185. The Kier molecular flexibility index (Phi) is 4.65. The van der Waals surface area contributed by atoms with E-state index in [1.165, 1.54) is 18.3 Å². The number of pyridine rings is 1. The largest absolute Gasteiger partial charge is 0.394 e. The molecule has 108 valence electrons. The van der Waals surface area contributed by atoms with E-state index in [0.717, 1.165) is 0 Å². The van der Waals surface area contributed by atoms with E-state index in [-0.39, 0.29) is 10.6 Å². The third-order valence-electron chi connectivity index (χ3n) is 2.85. The van der Waals surface area contributed by atoms with Crippen LogP contribution in [0.5, 0.6) is 0 Å². The Morgan fingerprint density at radius 2 is 1.95 bits per heavy atom. The first-order valence-electron chi connectivity index (χ1n) is 6.11. The Balaban J connectivity index is 2.35. The highest BCUT2D eigenvalue weighted by Crippen LogP contribution is 2.18. The lowest BCUT2D eigenvalue weighted by atomic mass is 10.1. The van der Waals surface area contributed by atoms with Gasteiger partial charge >= 0.3 is 0 Å². The molecule has 21 heavy (non-hydrogen) atoms. The van der Waals surface area contributed by atoms with Crippen molar-refractivity contribution in [2.24, 2.45) is 0 Å². The second-order valence-corrected chi connectivity index (χ2v) is 5.91. The molecular weight excluding hydrogens is 290 g/mol. The first kappa shape index (κ1) is 15.1. The van der Waals surface area contributed by atoms with Crippen LogP contribution in [0.4, 0.5) is 0 Å². The van der Waals surface area contributed by atoms with E-state index < -0.39 is 22.7 Å². The summed E-state index contributed by atoms with van der Waals surface area (Å²) in [6.07, 6.45) is 1.35. The van der Waals surface area contributed by atoms with E-state index in [4.69, 9.17) is 5.26 Å². The Bertz CT molecular complexity index is 755. The van der Waals surface area contributed by atoms with Gasteiger partial charge in [-0.3, -0.25) is 0 Å². The number of aliphatic hydroxyl groups is 1. The standard InChI is InChI=1S/C14H13N3O3S/c15-9-12-14(7-4-8-16-12)21(19,20)17-13(10-18)11-5-2-1-3-6-11/h1-8,13,17-18H,10H2. The number of aromatic nitrogens is 1. The third kappa shape index (κ3) is 3.44. The molecule has 1 aromatic carbocycles. The Morgan fingerprint density at radius 3 is 2.57 bits per heavy atom. The summed E-state index contributed by atoms with van der Waals surface area (Å²) in [6.45, 7) is -0.397. The van der Waals surface area contributed by atoms with Crippen LogP contribution >= 0.6 is 0 Å². The molecule has 0 radical (unpaired) electrons. The topological polar surface area (TPSA) is 103 Å². The maximum absolute atomic E-state index is 12.3. The average Bonchev–Trinajstić information content (AvgIpc) is 2.53. The van der Waals surface area contributed by atoms with Gasteiger partial charge in [-0.2, -0.15) is 5.26 Å². The Hall–Kier alpha value is -2.27. The lowest BCUT2D eigenvalue weighted by Crippen LogP contribution is -2.31. The van der Waals surface area contributed by atoms with Crippen LogP contribution in [-0.2, 0) is 10.0 Å². The van der Waals surface area contributed by atoms with Crippen LogP contribution in [-0.4, -0.2) is 25.1 Å². The minimum atomic E-state index is -3.96. The summed E-state index contributed by atoms with van der Waals surface area (Å²) in [6, 6.07) is 12.4. The van der Waals surface area contributed by atoms with Crippen molar-refractivity contribution in [3.05, 3.63) is 59.9 Å². The van der Waals surface area contributed by atoms with Crippen molar-refractivity contribution < 1.29 is 13.5 Å². The van der Waals surface area contributed by atoms with Gasteiger partial charge < -0.3 is 5.11 Å². The molecule has 0 fully saturated rings. The molecule has 0 aliphatic carbocycles. The fourth-order valence-corrected chi connectivity index (χ4v) is 3.16. The zero-order chi connectivity index (χ0) is 15.3. The molecule has 0 spiro atoms. The number of nitrogens with one attached hydrogen (secondary N) is 1. The summed E-state index contributed by atoms with van der Waals surface area (Å²) in [7, 11) is -3.96. The fraction of sp³-hybridized carbons (Fsp3) is 0.143. The van der Waals surface area contributed by atoms with Crippen LogP contribution in [0.1, 0.15) is 17.3 Å². The second kappa shape index (κ2) is 6.45. The molecule has 1 heterocycles. The number of hydrogen-bond acceptors (Lipinski definition) is 5. The van der Waals surface area contributed by atoms with Crippen molar-refractivity contribution >= 4 is 10.0 Å². The van der Waals surface area contributed by atoms with E-state index in [1.54, 1.807) is 36.4 Å². The summed E-state index contributed by atoms with van der Waals surface area (Å²) in [4.78, 5) is 3.52. The summed E-state index contributed by atoms with van der Waals surface area (Å²) >= 11 is 0. The number of aliphatic hydroxyl groups excluding tert-OH is 1. The zero-order valence-electron chi connectivity index (χ0n) is 11.0. The number of sulfonamides is 1. The Labute approximate surface area is 122 Å². The molecule has 2 N–H and O–H groups in total. The van der Waals surface area contributed by atoms with Crippen LogP contribution in [0.25, 0.3) is 0 Å². The fourth-order valence-electron chi connectivity index (χ4n) is 1.84. The van der Waals surface area contributed by atoms with Gasteiger partial charge in [-0.1, -0.05) is 30.3 Å². The highest BCUT2D eigenvalue weighted by Gasteiger charge is 2.23. The summed E-state index contributed by atoms with van der Waals surface area (Å²) in [5.74, 6) is 0. The van der Waals surface area contributed by atoms with Gasteiger partial charge in [-0.15, -0.1) is 0 Å². The van der Waals surface area contributed by atoms with Gasteiger partial charge in [0.1, 0.15) is 11.0 Å². The van der Waals surface area contributed by atoms with Gasteiger partial charge in [0, 0.05) is 6.20 Å². The van der Waals surface area contributed by atoms with Crippen LogP contribution in [0, 0.1) is 11.3 Å². The molecule has 1 unspecified atom stereocenters. The predicted octanol–water partition coefficient (Wildman–Crippen LogP) is 0.965. The third-order valence-corrected chi connectivity index (χ3v) is 4.35.